The number of benzene rings is 3. The van der Waals surface area contributed by atoms with E-state index in [-0.39, 0.29) is 50.0 Å². The van der Waals surface area contributed by atoms with E-state index >= 15 is 8.78 Å². The summed E-state index contributed by atoms with van der Waals surface area (Å²) < 4.78 is 36.9. The molecule has 220 valence electrons. The predicted molar refractivity (Wildman–Crippen MR) is 157 cm³/mol. The van der Waals surface area contributed by atoms with E-state index in [0.717, 1.165) is 6.07 Å². The molecule has 6 nitrogen and oxygen atoms in total. The first-order chi connectivity index (χ1) is 19.7. The van der Waals surface area contributed by atoms with Gasteiger partial charge in [0.2, 0.25) is 5.91 Å². The Morgan fingerprint density at radius 2 is 1.86 bits per heavy atom. The number of hydrogen-bond donors (Lipinski definition) is 2. The minimum atomic E-state index is -1.67. The van der Waals surface area contributed by atoms with Crippen LogP contribution in [-0.2, 0) is 10.2 Å². The van der Waals surface area contributed by atoms with Gasteiger partial charge >= 0.3 is 5.97 Å². The molecule has 1 fully saturated rings. The topological polar surface area (TPSA) is 99.4 Å². The molecule has 10 heteroatoms. The second kappa shape index (κ2) is 11.9. The summed E-state index contributed by atoms with van der Waals surface area (Å²) in [4.78, 5) is 25.6. The molecule has 1 amide bonds. The molecule has 0 aromatic heterocycles. The van der Waals surface area contributed by atoms with Gasteiger partial charge in [-0.3, -0.25) is 4.79 Å². The van der Waals surface area contributed by atoms with Crippen molar-refractivity contribution < 1.29 is 28.2 Å². The van der Waals surface area contributed by atoms with Gasteiger partial charge in [-0.15, -0.1) is 0 Å². The summed E-state index contributed by atoms with van der Waals surface area (Å²) in [5, 5.41) is 23.0. The Morgan fingerprint density at radius 3 is 2.45 bits per heavy atom. The molecule has 3 aromatic carbocycles. The normalized spacial score (nSPS) is 21.9. The van der Waals surface area contributed by atoms with Gasteiger partial charge in [-0.1, -0.05) is 62.2 Å². The lowest BCUT2D eigenvalue weighted by Gasteiger charge is -2.38. The second-order valence-corrected chi connectivity index (χ2v) is 12.6. The van der Waals surface area contributed by atoms with E-state index in [1.54, 1.807) is 0 Å². The smallest absolute Gasteiger partial charge is 0.335 e. The van der Waals surface area contributed by atoms with Gasteiger partial charge in [0.05, 0.1) is 34.9 Å². The van der Waals surface area contributed by atoms with Crippen LogP contribution in [0.15, 0.2) is 54.6 Å². The van der Waals surface area contributed by atoms with Crippen LogP contribution in [-0.4, -0.2) is 24.1 Å². The zero-order chi connectivity index (χ0) is 31.0. The van der Waals surface area contributed by atoms with Gasteiger partial charge in [0.25, 0.3) is 0 Å². The Balaban J connectivity index is 1.95. The molecular weight excluding hydrogens is 585 g/mol. The predicted octanol–water partition coefficient (Wildman–Crippen LogP) is 8.23. The largest absolute Gasteiger partial charge is 0.495 e. The van der Waals surface area contributed by atoms with Crippen LogP contribution in [0.5, 0.6) is 5.75 Å². The fourth-order valence-electron chi connectivity index (χ4n) is 6.25. The van der Waals surface area contributed by atoms with E-state index in [9.17, 15) is 20.0 Å². The van der Waals surface area contributed by atoms with Gasteiger partial charge in [-0.2, -0.15) is 5.26 Å². The molecule has 0 heterocycles. The summed E-state index contributed by atoms with van der Waals surface area (Å²) >= 11 is 12.3. The lowest BCUT2D eigenvalue weighted by atomic mass is 9.62. The molecule has 0 spiro atoms. The quantitative estimate of drug-likeness (QED) is 0.279. The first-order valence-corrected chi connectivity index (χ1v) is 14.0. The van der Waals surface area contributed by atoms with Crippen LogP contribution < -0.4 is 10.1 Å². The van der Waals surface area contributed by atoms with Crippen molar-refractivity contribution in [2.75, 3.05) is 12.4 Å². The number of methoxy groups -OCH3 is 1. The molecule has 0 saturated heterocycles. The zero-order valence-corrected chi connectivity index (χ0v) is 25.0. The summed E-state index contributed by atoms with van der Waals surface area (Å²) in [6, 6.07) is 14.7. The SMILES string of the molecule is COc1cc(C(=O)O)ccc1NC(=O)C1C[C@@H](CC(C)(C)C)[C@](C#N)(c2ccc(Cl)cc2F)[C@H]1c1cccc(Cl)c1F. The van der Waals surface area contributed by atoms with Crippen molar-refractivity contribution in [3.63, 3.8) is 0 Å². The number of hydrogen-bond acceptors (Lipinski definition) is 4. The minimum absolute atomic E-state index is 0.0168. The van der Waals surface area contributed by atoms with E-state index in [1.807, 2.05) is 20.8 Å². The van der Waals surface area contributed by atoms with Crippen LogP contribution in [0.4, 0.5) is 14.5 Å². The molecule has 42 heavy (non-hydrogen) atoms. The third-order valence-corrected chi connectivity index (χ3v) is 8.38. The van der Waals surface area contributed by atoms with Crippen LogP contribution in [0.3, 0.4) is 0 Å². The second-order valence-electron chi connectivity index (χ2n) is 11.7. The van der Waals surface area contributed by atoms with Crippen LogP contribution >= 0.6 is 23.2 Å². The zero-order valence-electron chi connectivity index (χ0n) is 23.5. The first kappa shape index (κ1) is 31.3. The van der Waals surface area contributed by atoms with Gasteiger partial charge in [0, 0.05) is 22.4 Å². The molecule has 2 N–H and O–H groups in total. The number of carbonyl (C=O) groups excluding carboxylic acids is 1. The number of nitrogens with one attached hydrogen (secondary N) is 1. The Morgan fingerprint density at radius 1 is 1.14 bits per heavy atom. The van der Waals surface area contributed by atoms with Gasteiger partial charge in [0.15, 0.2) is 0 Å². The lowest BCUT2D eigenvalue weighted by Crippen LogP contribution is -2.39. The van der Waals surface area contributed by atoms with Gasteiger partial charge in [-0.05, 0) is 66.1 Å². The molecule has 1 saturated carbocycles. The number of nitrogens with zero attached hydrogens (tertiary/aromatic N) is 1. The monoisotopic (exact) mass is 614 g/mol. The lowest BCUT2D eigenvalue weighted by molar-refractivity contribution is -0.120. The van der Waals surface area contributed by atoms with Crippen molar-refractivity contribution in [3.05, 3.63) is 93.0 Å². The highest BCUT2D eigenvalue weighted by atomic mass is 35.5. The highest BCUT2D eigenvalue weighted by Gasteiger charge is 2.61. The number of aromatic carboxylic acids is 1. The van der Waals surface area contributed by atoms with Crippen LogP contribution in [0, 0.1) is 40.2 Å². The fraction of sp³-hybridized carbons (Fsp3) is 0.344. The summed E-state index contributed by atoms with van der Waals surface area (Å²) in [6.45, 7) is 5.93. The van der Waals surface area contributed by atoms with Crippen LogP contribution in [0.2, 0.25) is 10.0 Å². The molecule has 0 aliphatic heterocycles. The summed E-state index contributed by atoms with van der Waals surface area (Å²) in [7, 11) is 1.33. The molecule has 4 atom stereocenters. The summed E-state index contributed by atoms with van der Waals surface area (Å²) in [6.07, 6.45) is 0.548. The molecule has 0 radical (unpaired) electrons. The molecule has 1 unspecified atom stereocenters. The molecule has 4 rings (SSSR count). The van der Waals surface area contributed by atoms with Crippen molar-refractivity contribution >= 4 is 40.8 Å². The number of rotatable bonds is 7. The van der Waals surface area contributed by atoms with Crippen LogP contribution in [0.1, 0.15) is 61.0 Å². The van der Waals surface area contributed by atoms with Crippen molar-refractivity contribution in [2.24, 2.45) is 17.3 Å². The van der Waals surface area contributed by atoms with E-state index < -0.39 is 46.7 Å². The minimum Gasteiger partial charge on any atom is -0.495 e. The van der Waals surface area contributed by atoms with Gasteiger partial charge < -0.3 is 15.2 Å². The Bertz CT molecular complexity index is 1580. The highest BCUT2D eigenvalue weighted by molar-refractivity contribution is 6.31. The van der Waals surface area contributed by atoms with Crippen molar-refractivity contribution in [2.45, 2.75) is 44.9 Å². The number of nitriles is 1. The van der Waals surface area contributed by atoms with Crippen LogP contribution in [0.25, 0.3) is 0 Å². The number of carboxylic acid groups (broad SMARTS) is 1. The van der Waals surface area contributed by atoms with E-state index in [4.69, 9.17) is 27.9 Å². The first-order valence-electron chi connectivity index (χ1n) is 13.3. The third-order valence-electron chi connectivity index (χ3n) is 7.86. The average Bonchev–Trinajstić information content (AvgIpc) is 3.23. The molecule has 3 aromatic rings. The number of carboxylic acids is 1. The Hall–Kier alpha value is -3.67. The molecule has 0 bridgehead atoms. The van der Waals surface area contributed by atoms with E-state index in [1.165, 1.54) is 55.6 Å². The number of carbonyl (C=O) groups is 2. The molecule has 1 aliphatic carbocycles. The number of anilines is 1. The maximum Gasteiger partial charge on any atom is 0.335 e. The van der Waals surface area contributed by atoms with Gasteiger partial charge in [-0.25, -0.2) is 13.6 Å². The molecule has 1 aliphatic rings. The number of amides is 1. The highest BCUT2D eigenvalue weighted by Crippen LogP contribution is 2.61. The van der Waals surface area contributed by atoms with Crippen molar-refractivity contribution in [1.82, 2.24) is 0 Å². The Kier molecular flexibility index (Phi) is 8.86. The van der Waals surface area contributed by atoms with E-state index in [0.29, 0.717) is 6.42 Å². The summed E-state index contributed by atoms with van der Waals surface area (Å²) in [5.41, 5.74) is -1.83. The third kappa shape index (κ3) is 5.81. The number of halogens is 4. The van der Waals surface area contributed by atoms with Gasteiger partial charge in [0.1, 0.15) is 17.4 Å². The number of ether oxygens (including phenoxy) is 1. The van der Waals surface area contributed by atoms with E-state index in [2.05, 4.69) is 11.4 Å². The Labute approximate surface area is 253 Å². The van der Waals surface area contributed by atoms with Crippen molar-refractivity contribution in [3.8, 4) is 11.8 Å². The maximum atomic E-state index is 15.8. The molecular formula is C32H30Cl2F2N2O4. The fourth-order valence-corrected chi connectivity index (χ4v) is 6.59. The van der Waals surface area contributed by atoms with Crippen molar-refractivity contribution in [1.29, 1.82) is 5.26 Å². The average molecular weight is 616 g/mol. The standard InChI is InChI=1S/C32H30Cl2F2N2O4/c1-31(2,3)15-18-13-21(29(39)38-25-11-8-17(30(40)41)12-26(25)42-4)27(20-6-5-7-23(34)28(20)36)32(18,16-37)22-10-9-19(33)14-24(22)35/h5-12,14,18,21,27H,13,15H2,1-4H3,(H,38,39)(H,40,41)/t18-,21?,27-,32+/m0/s1. The maximum absolute atomic E-state index is 15.8. The summed E-state index contributed by atoms with van der Waals surface area (Å²) in [5.74, 6) is -5.89.